The van der Waals surface area contributed by atoms with Crippen LogP contribution in [0.5, 0.6) is 0 Å². The molecule has 0 aliphatic heterocycles. The Balaban J connectivity index is 2.35. The fourth-order valence-electron chi connectivity index (χ4n) is 1.30. The lowest BCUT2D eigenvalue weighted by atomic mass is 10.1. The summed E-state index contributed by atoms with van der Waals surface area (Å²) in [7, 11) is -3.46. The number of H-pyrrole nitrogens is 1. The summed E-state index contributed by atoms with van der Waals surface area (Å²) in [6, 6.07) is 1.46. The number of sulfonamides is 1. The maximum atomic E-state index is 11.6. The van der Waals surface area contributed by atoms with E-state index in [-0.39, 0.29) is 11.4 Å². The summed E-state index contributed by atoms with van der Waals surface area (Å²) in [6.07, 6.45) is 3.87. The quantitative estimate of drug-likeness (QED) is 0.631. The number of carbonyl (C=O) groups is 1. The molecule has 3 N–H and O–H groups in total. The Bertz CT molecular complexity index is 453. The van der Waals surface area contributed by atoms with Crippen molar-refractivity contribution in [2.24, 2.45) is 5.92 Å². The summed E-state index contributed by atoms with van der Waals surface area (Å²) >= 11 is 0. The molecule has 0 spiro atoms. The smallest absolute Gasteiger partial charge is 0.306 e. The third-order valence-corrected chi connectivity index (χ3v) is 3.87. The Labute approximate surface area is 100 Å². The molecule has 1 heterocycles. The van der Waals surface area contributed by atoms with Gasteiger partial charge in [0.1, 0.15) is 0 Å². The number of aromatic nitrogens is 1. The van der Waals surface area contributed by atoms with Crippen molar-refractivity contribution in [3.8, 4) is 0 Å². The first-order chi connectivity index (χ1) is 7.93. The molecule has 1 aromatic rings. The van der Waals surface area contributed by atoms with Crippen LogP contribution in [0.2, 0.25) is 0 Å². The van der Waals surface area contributed by atoms with E-state index in [0.717, 1.165) is 0 Å². The fraction of sp³-hybridized carbons (Fsp3) is 0.500. The number of carboxylic acids is 1. The molecule has 0 aliphatic carbocycles. The van der Waals surface area contributed by atoms with Gasteiger partial charge in [-0.1, -0.05) is 6.92 Å². The van der Waals surface area contributed by atoms with Gasteiger partial charge >= 0.3 is 5.97 Å². The van der Waals surface area contributed by atoms with Crippen molar-refractivity contribution < 1.29 is 18.3 Å². The minimum Gasteiger partial charge on any atom is -0.481 e. The highest BCUT2D eigenvalue weighted by Crippen LogP contribution is 2.08. The Kier molecular flexibility index (Phi) is 4.71. The molecular formula is C10H16N2O4S. The standard InChI is InChI=1S/C10H16N2O4S/c1-8(10(13)14)3-2-5-12-17(15,16)9-4-6-11-7-9/h4,6-8,11-12H,2-3,5H2,1H3,(H,13,14). The first kappa shape index (κ1) is 13.7. The molecule has 6 nitrogen and oxygen atoms in total. The average Bonchev–Trinajstić information content (AvgIpc) is 2.77. The molecule has 0 bridgehead atoms. The molecule has 0 saturated carbocycles. The predicted molar refractivity (Wildman–Crippen MR) is 62.0 cm³/mol. The fourth-order valence-corrected chi connectivity index (χ4v) is 2.35. The number of aliphatic carboxylic acids is 1. The Morgan fingerprint density at radius 3 is 2.82 bits per heavy atom. The minimum atomic E-state index is -3.46. The van der Waals surface area contributed by atoms with Gasteiger partial charge in [0.05, 0.1) is 10.8 Å². The van der Waals surface area contributed by atoms with Gasteiger partial charge in [-0.15, -0.1) is 0 Å². The van der Waals surface area contributed by atoms with E-state index in [1.165, 1.54) is 18.5 Å². The first-order valence-electron chi connectivity index (χ1n) is 5.29. The summed E-state index contributed by atoms with van der Waals surface area (Å²) in [5, 5.41) is 8.65. The minimum absolute atomic E-state index is 0.184. The second-order valence-electron chi connectivity index (χ2n) is 3.83. The van der Waals surface area contributed by atoms with Gasteiger partial charge in [-0.3, -0.25) is 4.79 Å². The molecule has 0 radical (unpaired) electrons. The van der Waals surface area contributed by atoms with Gasteiger partial charge in [0.2, 0.25) is 10.0 Å². The van der Waals surface area contributed by atoms with E-state index in [2.05, 4.69) is 9.71 Å². The van der Waals surface area contributed by atoms with Gasteiger partial charge in [-0.05, 0) is 18.9 Å². The third kappa shape index (κ3) is 4.20. The highest BCUT2D eigenvalue weighted by atomic mass is 32.2. The third-order valence-electron chi connectivity index (χ3n) is 2.41. The molecule has 0 amide bonds. The number of hydrogen-bond donors (Lipinski definition) is 3. The van der Waals surface area contributed by atoms with Gasteiger partial charge in [0.25, 0.3) is 0 Å². The molecule has 0 saturated heterocycles. The SMILES string of the molecule is CC(CCCNS(=O)(=O)c1cc[nH]c1)C(=O)O. The lowest BCUT2D eigenvalue weighted by molar-refractivity contribution is -0.141. The second-order valence-corrected chi connectivity index (χ2v) is 5.59. The molecule has 1 atom stereocenters. The van der Waals surface area contributed by atoms with Gasteiger partial charge in [-0.2, -0.15) is 0 Å². The summed E-state index contributed by atoms with van der Waals surface area (Å²) in [4.78, 5) is 13.4. The number of aromatic amines is 1. The predicted octanol–water partition coefficient (Wildman–Crippen LogP) is 0.794. The van der Waals surface area contributed by atoms with Crippen LogP contribution in [0.3, 0.4) is 0 Å². The van der Waals surface area contributed by atoms with Crippen LogP contribution < -0.4 is 4.72 Å². The molecule has 0 fully saturated rings. The number of nitrogens with one attached hydrogen (secondary N) is 2. The van der Waals surface area contributed by atoms with E-state index in [4.69, 9.17) is 5.11 Å². The zero-order valence-electron chi connectivity index (χ0n) is 9.51. The maximum Gasteiger partial charge on any atom is 0.306 e. The van der Waals surface area contributed by atoms with Gasteiger partial charge in [0.15, 0.2) is 0 Å². The van der Waals surface area contributed by atoms with Crippen LogP contribution in [-0.2, 0) is 14.8 Å². The van der Waals surface area contributed by atoms with Crippen molar-refractivity contribution in [1.29, 1.82) is 0 Å². The van der Waals surface area contributed by atoms with Gasteiger partial charge < -0.3 is 10.1 Å². The Hall–Kier alpha value is -1.34. The number of carboxylic acid groups (broad SMARTS) is 1. The van der Waals surface area contributed by atoms with E-state index in [1.54, 1.807) is 6.92 Å². The zero-order valence-corrected chi connectivity index (χ0v) is 10.3. The van der Waals surface area contributed by atoms with Gasteiger partial charge in [-0.25, -0.2) is 13.1 Å². The van der Waals surface area contributed by atoms with Crippen LogP contribution in [0.4, 0.5) is 0 Å². The van der Waals surface area contributed by atoms with Crippen LogP contribution in [0, 0.1) is 5.92 Å². The highest BCUT2D eigenvalue weighted by molar-refractivity contribution is 7.89. The van der Waals surface area contributed by atoms with Crippen molar-refractivity contribution in [2.75, 3.05) is 6.54 Å². The summed E-state index contributed by atoms with van der Waals surface area (Å²) in [6.45, 7) is 1.84. The van der Waals surface area contributed by atoms with Crippen LogP contribution in [0.1, 0.15) is 19.8 Å². The van der Waals surface area contributed by atoms with Crippen molar-refractivity contribution in [2.45, 2.75) is 24.7 Å². The lowest BCUT2D eigenvalue weighted by Crippen LogP contribution is -2.25. The molecular weight excluding hydrogens is 244 g/mol. The van der Waals surface area contributed by atoms with Gasteiger partial charge in [0, 0.05) is 18.9 Å². The van der Waals surface area contributed by atoms with Crippen molar-refractivity contribution >= 4 is 16.0 Å². The molecule has 1 unspecified atom stereocenters. The van der Waals surface area contributed by atoms with Crippen LogP contribution >= 0.6 is 0 Å². The van der Waals surface area contributed by atoms with Crippen molar-refractivity contribution in [1.82, 2.24) is 9.71 Å². The number of hydrogen-bond acceptors (Lipinski definition) is 3. The molecule has 1 aromatic heterocycles. The Morgan fingerprint density at radius 1 is 1.59 bits per heavy atom. The second kappa shape index (κ2) is 5.83. The monoisotopic (exact) mass is 260 g/mol. The molecule has 0 aromatic carbocycles. The van der Waals surface area contributed by atoms with E-state index < -0.39 is 21.9 Å². The molecule has 0 aliphatic rings. The molecule has 7 heteroatoms. The van der Waals surface area contributed by atoms with E-state index in [0.29, 0.717) is 12.8 Å². The molecule has 17 heavy (non-hydrogen) atoms. The zero-order chi connectivity index (χ0) is 12.9. The summed E-state index contributed by atoms with van der Waals surface area (Å²) < 4.78 is 25.7. The van der Waals surface area contributed by atoms with Crippen molar-refractivity contribution in [3.05, 3.63) is 18.5 Å². The highest BCUT2D eigenvalue weighted by Gasteiger charge is 2.14. The van der Waals surface area contributed by atoms with Crippen LogP contribution in [0.25, 0.3) is 0 Å². The number of rotatable bonds is 7. The summed E-state index contributed by atoms with van der Waals surface area (Å²) in [5.41, 5.74) is 0. The van der Waals surface area contributed by atoms with E-state index >= 15 is 0 Å². The average molecular weight is 260 g/mol. The van der Waals surface area contributed by atoms with Crippen molar-refractivity contribution in [3.63, 3.8) is 0 Å². The maximum absolute atomic E-state index is 11.6. The molecule has 1 rings (SSSR count). The summed E-state index contributed by atoms with van der Waals surface area (Å²) in [5.74, 6) is -1.31. The topological polar surface area (TPSA) is 99.3 Å². The van der Waals surface area contributed by atoms with E-state index in [9.17, 15) is 13.2 Å². The lowest BCUT2D eigenvalue weighted by Gasteiger charge is -2.07. The normalized spacial score (nSPS) is 13.5. The van der Waals surface area contributed by atoms with Crippen LogP contribution in [0.15, 0.2) is 23.4 Å². The largest absolute Gasteiger partial charge is 0.481 e. The van der Waals surface area contributed by atoms with Crippen LogP contribution in [-0.4, -0.2) is 31.0 Å². The molecule has 96 valence electrons. The van der Waals surface area contributed by atoms with E-state index in [1.807, 2.05) is 0 Å². The first-order valence-corrected chi connectivity index (χ1v) is 6.77. The Morgan fingerprint density at radius 2 is 2.29 bits per heavy atom.